The molecule has 9 heteroatoms. The van der Waals surface area contributed by atoms with Gasteiger partial charge in [-0.15, -0.1) is 0 Å². The summed E-state index contributed by atoms with van der Waals surface area (Å²) >= 11 is 5.45. The summed E-state index contributed by atoms with van der Waals surface area (Å²) in [5, 5.41) is 3.03. The zero-order chi connectivity index (χ0) is 22.8. The van der Waals surface area contributed by atoms with Crippen molar-refractivity contribution in [3.8, 4) is 0 Å². The van der Waals surface area contributed by atoms with Crippen LogP contribution in [0.3, 0.4) is 0 Å². The zero-order valence-corrected chi connectivity index (χ0v) is 19.8. The van der Waals surface area contributed by atoms with E-state index in [-0.39, 0.29) is 38.8 Å². The Morgan fingerprint density at radius 3 is 2.23 bits per heavy atom. The zero-order valence-electron chi connectivity index (χ0n) is 18.1. The molecule has 1 atom stereocenters. The summed E-state index contributed by atoms with van der Waals surface area (Å²) in [5.74, 6) is -0.0369. The third kappa shape index (κ3) is 12.6. The molecule has 7 nitrogen and oxygen atoms in total. The van der Waals surface area contributed by atoms with Crippen LogP contribution in [0.5, 0.6) is 0 Å². The molecule has 0 bridgehead atoms. The first kappa shape index (κ1) is 27.2. The van der Waals surface area contributed by atoms with Gasteiger partial charge in [0, 0.05) is 6.42 Å². The Bertz CT molecular complexity index is 740. The molecule has 0 saturated heterocycles. The highest BCUT2D eigenvalue weighted by Gasteiger charge is 2.25. The molecule has 0 saturated carbocycles. The van der Waals surface area contributed by atoms with Crippen molar-refractivity contribution in [2.75, 3.05) is 32.9 Å². The second-order valence-electron chi connectivity index (χ2n) is 6.87. The van der Waals surface area contributed by atoms with E-state index in [1.165, 1.54) is 12.8 Å². The van der Waals surface area contributed by atoms with Crippen molar-refractivity contribution in [2.45, 2.75) is 51.5 Å². The summed E-state index contributed by atoms with van der Waals surface area (Å²) in [6.07, 6.45) is 5.85. The second-order valence-corrected chi connectivity index (χ2v) is 9.88. The number of carbonyl (C=O) groups is 1. The maximum absolute atomic E-state index is 12.5. The van der Waals surface area contributed by atoms with Crippen LogP contribution < -0.4 is 5.32 Å². The Kier molecular flexibility index (Phi) is 14.8. The van der Waals surface area contributed by atoms with E-state index in [2.05, 4.69) is 21.9 Å². The molecule has 0 fully saturated rings. The summed E-state index contributed by atoms with van der Waals surface area (Å²) < 4.78 is 17.0. The summed E-state index contributed by atoms with van der Waals surface area (Å²) in [7, 11) is 0. The molecule has 1 amide bonds. The Labute approximate surface area is 191 Å². The number of rotatable bonds is 17. The van der Waals surface area contributed by atoms with E-state index in [9.17, 15) is 4.79 Å². The van der Waals surface area contributed by atoms with Gasteiger partial charge >= 0.3 is 6.72 Å². The van der Waals surface area contributed by atoms with Crippen LogP contribution in [0.25, 0.3) is 9.69 Å². The summed E-state index contributed by atoms with van der Waals surface area (Å²) in [5.41, 5.74) is 0.894. The molecule has 0 aromatic heterocycles. The molecule has 0 radical (unpaired) electrons. The predicted octanol–water partition coefficient (Wildman–Crippen LogP) is 5.32. The Morgan fingerprint density at radius 1 is 1.03 bits per heavy atom. The van der Waals surface area contributed by atoms with Crippen LogP contribution in [0.15, 0.2) is 30.3 Å². The number of nitrogens with one attached hydrogen (secondary N) is 1. The molecule has 0 aliphatic carbocycles. The number of amides is 1. The molecule has 1 aromatic rings. The lowest BCUT2D eigenvalue weighted by Crippen LogP contribution is -2.31. The fourth-order valence-electron chi connectivity index (χ4n) is 2.74. The van der Waals surface area contributed by atoms with Crippen LogP contribution in [0.1, 0.15) is 57.1 Å². The van der Waals surface area contributed by atoms with E-state index in [1.807, 2.05) is 30.3 Å². The van der Waals surface area contributed by atoms with Gasteiger partial charge in [0.15, 0.2) is 0 Å². The Hall–Kier alpha value is -1.80. The van der Waals surface area contributed by atoms with E-state index >= 15 is 0 Å². The van der Waals surface area contributed by atoms with E-state index in [1.54, 1.807) is 0 Å². The topological polar surface area (TPSA) is 65.5 Å². The van der Waals surface area contributed by atoms with Crippen LogP contribution in [-0.4, -0.2) is 38.8 Å². The summed E-state index contributed by atoms with van der Waals surface area (Å²) in [6.45, 7) is 13.4. The largest absolute Gasteiger partial charge is 0.347 e. The fourth-order valence-corrected chi connectivity index (χ4v) is 4.53. The third-order valence-corrected chi connectivity index (χ3v) is 6.76. The third-order valence-electron chi connectivity index (χ3n) is 4.35. The van der Waals surface area contributed by atoms with Crippen molar-refractivity contribution in [2.24, 2.45) is 0 Å². The first-order chi connectivity index (χ1) is 15.0. The number of hydrogen-bond donors (Lipinski definition) is 1. The lowest BCUT2D eigenvalue weighted by molar-refractivity contribution is -0.122. The minimum Gasteiger partial charge on any atom is -0.347 e. The molecule has 0 unspecified atom stereocenters. The van der Waals surface area contributed by atoms with Gasteiger partial charge < -0.3 is 28.6 Å². The minimum absolute atomic E-state index is 0.0369. The minimum atomic E-state index is -3.13. The highest BCUT2D eigenvalue weighted by atomic mass is 32.5. The molecule has 170 valence electrons. The number of hydrogen-bond acceptors (Lipinski definition) is 5. The highest BCUT2D eigenvalue weighted by Crippen LogP contribution is 2.50. The maximum atomic E-state index is 12.5. The van der Waals surface area contributed by atoms with Gasteiger partial charge in [0.05, 0.1) is 12.6 Å². The van der Waals surface area contributed by atoms with Gasteiger partial charge in [-0.3, -0.25) is 4.79 Å². The van der Waals surface area contributed by atoms with Crippen molar-refractivity contribution >= 4 is 24.4 Å². The molecular formula is C22H32N3O4PS. The van der Waals surface area contributed by atoms with E-state index in [0.717, 1.165) is 24.8 Å². The van der Waals surface area contributed by atoms with Gasteiger partial charge in [0.1, 0.15) is 13.2 Å². The van der Waals surface area contributed by atoms with Crippen LogP contribution in [-0.2, 0) is 30.2 Å². The number of benzene rings is 1. The maximum Gasteiger partial charge on any atom is 0.327 e. The van der Waals surface area contributed by atoms with E-state index in [0.29, 0.717) is 6.42 Å². The van der Waals surface area contributed by atoms with Gasteiger partial charge in [0.2, 0.25) is 19.0 Å². The monoisotopic (exact) mass is 465 g/mol. The van der Waals surface area contributed by atoms with Gasteiger partial charge in [-0.1, -0.05) is 62.9 Å². The van der Waals surface area contributed by atoms with E-state index < -0.39 is 12.8 Å². The number of carbonyl (C=O) groups excluding carboxylic acids is 1. The van der Waals surface area contributed by atoms with Crippen LogP contribution in [0, 0.1) is 13.1 Å². The standard InChI is InChI=1S/C22H32N3O4PS/c1-4-5-6-7-11-14-22(26)25-21(20-12-9-8-10-13-20)19-29-30(31,27-17-15-23-2)28-18-16-24-3/h8-10,12-13,21H,4-7,11,14-19H2,1H3,(H,25,26)/t21-/m0/s1. The average molecular weight is 466 g/mol. The van der Waals surface area contributed by atoms with Crippen molar-refractivity contribution < 1.29 is 18.4 Å². The quantitative estimate of drug-likeness (QED) is 0.192. The summed E-state index contributed by atoms with van der Waals surface area (Å²) in [6, 6.07) is 9.13. The molecule has 1 rings (SSSR count). The molecule has 0 aliphatic rings. The van der Waals surface area contributed by atoms with Crippen molar-refractivity contribution in [1.29, 1.82) is 0 Å². The van der Waals surface area contributed by atoms with E-state index in [4.69, 9.17) is 38.5 Å². The number of nitrogens with zero attached hydrogens (tertiary/aromatic N) is 2. The first-order valence-electron chi connectivity index (χ1n) is 10.6. The molecule has 1 N–H and O–H groups in total. The van der Waals surface area contributed by atoms with Crippen LogP contribution in [0.4, 0.5) is 0 Å². The van der Waals surface area contributed by atoms with Gasteiger partial charge in [-0.2, -0.15) is 0 Å². The molecule has 0 spiro atoms. The number of unbranched alkanes of at least 4 members (excludes halogenated alkanes) is 4. The van der Waals surface area contributed by atoms with Gasteiger partial charge in [-0.25, -0.2) is 13.1 Å². The summed E-state index contributed by atoms with van der Waals surface area (Å²) in [4.78, 5) is 19.0. The normalized spacial score (nSPS) is 12.0. The van der Waals surface area contributed by atoms with Crippen LogP contribution >= 0.6 is 6.72 Å². The van der Waals surface area contributed by atoms with Crippen molar-refractivity contribution in [3.05, 3.63) is 58.7 Å². The lowest BCUT2D eigenvalue weighted by Gasteiger charge is -2.24. The molecule has 0 heterocycles. The fraction of sp³-hybridized carbons (Fsp3) is 0.591. The Morgan fingerprint density at radius 2 is 1.65 bits per heavy atom. The smallest absolute Gasteiger partial charge is 0.327 e. The van der Waals surface area contributed by atoms with Gasteiger partial charge in [0.25, 0.3) is 0 Å². The average Bonchev–Trinajstić information content (AvgIpc) is 2.77. The molecule has 0 aliphatic heterocycles. The SMILES string of the molecule is [C-]#[N+]CCOP(=S)(OCC[N+]#[C-])OC[C@H](NC(=O)CCCCCCC)c1ccccc1. The molecular weight excluding hydrogens is 433 g/mol. The lowest BCUT2D eigenvalue weighted by atomic mass is 10.1. The Balaban J connectivity index is 2.74. The van der Waals surface area contributed by atoms with Crippen LogP contribution in [0.2, 0.25) is 0 Å². The van der Waals surface area contributed by atoms with Gasteiger partial charge in [-0.05, 0) is 23.8 Å². The molecule has 31 heavy (non-hydrogen) atoms. The first-order valence-corrected chi connectivity index (χ1v) is 13.1. The second kappa shape index (κ2) is 16.8. The molecule has 1 aromatic carbocycles. The highest BCUT2D eigenvalue weighted by molar-refractivity contribution is 8.07. The van der Waals surface area contributed by atoms with Crippen molar-refractivity contribution in [3.63, 3.8) is 0 Å². The van der Waals surface area contributed by atoms with Crippen molar-refractivity contribution in [1.82, 2.24) is 5.32 Å². The predicted molar refractivity (Wildman–Crippen MR) is 126 cm³/mol.